The fraction of sp³-hybridized carbons (Fsp3) is 0.818. The summed E-state index contributed by atoms with van der Waals surface area (Å²) >= 11 is 0. The Balaban J connectivity index is 1.38. The molecule has 1 heterocycles. The minimum Gasteiger partial charge on any atom is -0.307 e. The SMILES string of the molecule is CC1CC2CC(C)CC(NCc3cnc(C4CCCCC4)nc3)(C1)C2. The van der Waals surface area contributed by atoms with Gasteiger partial charge < -0.3 is 5.32 Å². The Morgan fingerprint density at radius 1 is 0.960 bits per heavy atom. The number of rotatable bonds is 4. The molecule has 25 heavy (non-hydrogen) atoms. The van der Waals surface area contributed by atoms with Crippen LogP contribution in [0.2, 0.25) is 0 Å². The van der Waals surface area contributed by atoms with E-state index in [4.69, 9.17) is 9.97 Å². The summed E-state index contributed by atoms with van der Waals surface area (Å²) in [6, 6.07) is 0. The summed E-state index contributed by atoms with van der Waals surface area (Å²) in [7, 11) is 0. The Bertz CT molecular complexity index is 542. The molecule has 2 unspecified atom stereocenters. The largest absolute Gasteiger partial charge is 0.307 e. The highest BCUT2D eigenvalue weighted by Gasteiger charge is 2.43. The van der Waals surface area contributed by atoms with Crippen LogP contribution in [0, 0.1) is 17.8 Å². The van der Waals surface area contributed by atoms with E-state index in [1.165, 1.54) is 69.8 Å². The lowest BCUT2D eigenvalue weighted by Gasteiger charge is -2.50. The summed E-state index contributed by atoms with van der Waals surface area (Å²) in [5.74, 6) is 4.35. The van der Waals surface area contributed by atoms with Crippen LogP contribution in [0.15, 0.2) is 12.4 Å². The lowest BCUT2D eigenvalue weighted by molar-refractivity contribution is 0.0542. The summed E-state index contributed by atoms with van der Waals surface area (Å²) in [6.45, 7) is 5.82. The van der Waals surface area contributed by atoms with Crippen molar-refractivity contribution in [2.45, 2.75) is 96.1 Å². The smallest absolute Gasteiger partial charge is 0.131 e. The molecular formula is C22H35N3. The zero-order valence-corrected chi connectivity index (χ0v) is 16.1. The summed E-state index contributed by atoms with van der Waals surface area (Å²) < 4.78 is 0. The topological polar surface area (TPSA) is 37.8 Å². The lowest BCUT2D eigenvalue weighted by atomic mass is 9.61. The van der Waals surface area contributed by atoms with E-state index in [1.54, 1.807) is 0 Å². The van der Waals surface area contributed by atoms with E-state index < -0.39 is 0 Å². The fourth-order valence-electron chi connectivity index (χ4n) is 6.24. The Labute approximate surface area is 153 Å². The van der Waals surface area contributed by atoms with Gasteiger partial charge in [-0.1, -0.05) is 33.1 Å². The van der Waals surface area contributed by atoms with E-state index in [1.807, 2.05) is 0 Å². The highest BCUT2D eigenvalue weighted by Crippen LogP contribution is 2.47. The van der Waals surface area contributed by atoms with Crippen LogP contribution in [0.5, 0.6) is 0 Å². The first-order valence-corrected chi connectivity index (χ1v) is 10.7. The van der Waals surface area contributed by atoms with Crippen molar-refractivity contribution in [2.24, 2.45) is 17.8 Å². The molecule has 0 saturated heterocycles. The van der Waals surface area contributed by atoms with Crippen LogP contribution in [0.1, 0.15) is 95.4 Å². The number of hydrogen-bond donors (Lipinski definition) is 1. The number of aromatic nitrogens is 2. The monoisotopic (exact) mass is 341 g/mol. The molecular weight excluding hydrogens is 306 g/mol. The zero-order chi connectivity index (χ0) is 17.3. The molecule has 3 aliphatic rings. The van der Waals surface area contributed by atoms with E-state index in [0.717, 1.165) is 30.1 Å². The predicted molar refractivity (Wildman–Crippen MR) is 102 cm³/mol. The van der Waals surface area contributed by atoms with Gasteiger partial charge in [0, 0.05) is 36.0 Å². The van der Waals surface area contributed by atoms with E-state index in [9.17, 15) is 0 Å². The van der Waals surface area contributed by atoms with Crippen LogP contribution >= 0.6 is 0 Å². The molecule has 3 fully saturated rings. The van der Waals surface area contributed by atoms with Gasteiger partial charge in [-0.3, -0.25) is 0 Å². The third-order valence-corrected chi connectivity index (χ3v) is 6.99. The molecule has 3 saturated carbocycles. The Hall–Kier alpha value is -0.960. The van der Waals surface area contributed by atoms with Gasteiger partial charge in [0.2, 0.25) is 0 Å². The second kappa shape index (κ2) is 7.34. The van der Waals surface area contributed by atoms with Gasteiger partial charge in [-0.05, 0) is 62.7 Å². The molecule has 4 rings (SSSR count). The first kappa shape index (κ1) is 17.5. The quantitative estimate of drug-likeness (QED) is 0.816. The first-order chi connectivity index (χ1) is 12.1. The van der Waals surface area contributed by atoms with Crippen molar-refractivity contribution >= 4 is 0 Å². The highest BCUT2D eigenvalue weighted by atomic mass is 15.0. The van der Waals surface area contributed by atoms with Crippen molar-refractivity contribution in [3.8, 4) is 0 Å². The maximum atomic E-state index is 4.72. The third-order valence-electron chi connectivity index (χ3n) is 6.99. The standard InChI is InChI=1S/C22H35N3/c1-16-8-18-9-17(2)11-22(10-16,12-18)25-15-19-13-23-21(24-14-19)20-6-4-3-5-7-20/h13-14,16-18,20,25H,3-12,15H2,1-2H3. The minimum atomic E-state index is 0.363. The average molecular weight is 342 g/mol. The lowest BCUT2D eigenvalue weighted by Crippen LogP contribution is -2.54. The van der Waals surface area contributed by atoms with Crippen LogP contribution in [0.3, 0.4) is 0 Å². The van der Waals surface area contributed by atoms with Crippen LogP contribution < -0.4 is 5.32 Å². The van der Waals surface area contributed by atoms with Crippen LogP contribution in [-0.4, -0.2) is 15.5 Å². The average Bonchev–Trinajstić information content (AvgIpc) is 2.60. The molecule has 0 aromatic carbocycles. The second-order valence-electron chi connectivity index (χ2n) is 9.58. The van der Waals surface area contributed by atoms with Crippen molar-refractivity contribution in [1.29, 1.82) is 0 Å². The molecule has 2 bridgehead atoms. The molecule has 1 aromatic rings. The summed E-state index contributed by atoms with van der Waals surface area (Å²) in [4.78, 5) is 9.44. The Kier molecular flexibility index (Phi) is 5.13. The Morgan fingerprint density at radius 2 is 1.60 bits per heavy atom. The van der Waals surface area contributed by atoms with Gasteiger partial charge in [-0.2, -0.15) is 0 Å². The van der Waals surface area contributed by atoms with Gasteiger partial charge in [0.05, 0.1) is 0 Å². The van der Waals surface area contributed by atoms with Gasteiger partial charge in [-0.25, -0.2) is 9.97 Å². The zero-order valence-electron chi connectivity index (χ0n) is 16.1. The van der Waals surface area contributed by atoms with Crippen molar-refractivity contribution in [1.82, 2.24) is 15.3 Å². The maximum Gasteiger partial charge on any atom is 0.131 e. The van der Waals surface area contributed by atoms with Gasteiger partial charge in [-0.15, -0.1) is 0 Å². The van der Waals surface area contributed by atoms with Crippen LogP contribution in [0.25, 0.3) is 0 Å². The van der Waals surface area contributed by atoms with Crippen LogP contribution in [-0.2, 0) is 6.54 Å². The van der Waals surface area contributed by atoms with Gasteiger partial charge in [0.15, 0.2) is 0 Å². The molecule has 3 aliphatic carbocycles. The molecule has 1 aromatic heterocycles. The number of nitrogens with zero attached hydrogens (tertiary/aromatic N) is 2. The molecule has 1 N–H and O–H groups in total. The normalized spacial score (nSPS) is 36.3. The van der Waals surface area contributed by atoms with Gasteiger partial charge in [0.25, 0.3) is 0 Å². The van der Waals surface area contributed by atoms with Crippen molar-refractivity contribution in [3.63, 3.8) is 0 Å². The van der Waals surface area contributed by atoms with Crippen molar-refractivity contribution in [2.75, 3.05) is 0 Å². The number of fused-ring (bicyclic) bond motifs is 2. The Morgan fingerprint density at radius 3 is 2.24 bits per heavy atom. The van der Waals surface area contributed by atoms with E-state index in [0.29, 0.717) is 11.5 Å². The third kappa shape index (κ3) is 4.07. The van der Waals surface area contributed by atoms with Gasteiger partial charge >= 0.3 is 0 Å². The predicted octanol–water partition coefficient (Wildman–Crippen LogP) is 5.22. The fourth-order valence-corrected chi connectivity index (χ4v) is 6.24. The van der Waals surface area contributed by atoms with E-state index in [2.05, 4.69) is 31.6 Å². The van der Waals surface area contributed by atoms with Crippen LogP contribution in [0.4, 0.5) is 0 Å². The number of nitrogens with one attached hydrogen (secondary N) is 1. The highest BCUT2D eigenvalue weighted by molar-refractivity contribution is 5.10. The molecule has 0 spiro atoms. The minimum absolute atomic E-state index is 0.363. The van der Waals surface area contributed by atoms with E-state index >= 15 is 0 Å². The molecule has 2 atom stereocenters. The molecule has 0 radical (unpaired) electrons. The second-order valence-corrected chi connectivity index (χ2v) is 9.58. The first-order valence-electron chi connectivity index (χ1n) is 10.7. The maximum absolute atomic E-state index is 4.72. The molecule has 3 heteroatoms. The molecule has 0 amide bonds. The summed E-state index contributed by atoms with van der Waals surface area (Å²) in [6.07, 6.45) is 17.7. The van der Waals surface area contributed by atoms with Crippen molar-refractivity contribution in [3.05, 3.63) is 23.8 Å². The molecule has 3 nitrogen and oxygen atoms in total. The summed E-state index contributed by atoms with van der Waals surface area (Å²) in [5, 5.41) is 3.96. The molecule has 138 valence electrons. The van der Waals surface area contributed by atoms with E-state index in [-0.39, 0.29) is 0 Å². The van der Waals surface area contributed by atoms with Crippen molar-refractivity contribution < 1.29 is 0 Å². The summed E-state index contributed by atoms with van der Waals surface area (Å²) in [5.41, 5.74) is 1.61. The number of hydrogen-bond acceptors (Lipinski definition) is 3. The van der Waals surface area contributed by atoms with Gasteiger partial charge in [0.1, 0.15) is 5.82 Å². The molecule has 0 aliphatic heterocycles.